The number of carbonyl (C=O) groups is 13. The molecule has 0 aliphatic carbocycles. The van der Waals surface area contributed by atoms with Gasteiger partial charge in [-0.25, -0.2) is 4.79 Å². The van der Waals surface area contributed by atoms with Crippen LogP contribution in [0.3, 0.4) is 0 Å². The quantitative estimate of drug-likeness (QED) is 0.0319. The summed E-state index contributed by atoms with van der Waals surface area (Å²) in [6, 6.07) is -11.4. The van der Waals surface area contributed by atoms with Crippen LogP contribution in [0, 0.1) is 17.8 Å². The van der Waals surface area contributed by atoms with E-state index in [2.05, 4.69) is 26.6 Å². The van der Waals surface area contributed by atoms with Crippen LogP contribution >= 0.6 is 0 Å². The Balaban J connectivity index is 5.98. The summed E-state index contributed by atoms with van der Waals surface area (Å²) in [5, 5.41) is 45.5. The third-order valence-electron chi connectivity index (χ3n) is 8.61. The minimum absolute atomic E-state index is 0.0208. The van der Waals surface area contributed by atoms with Gasteiger partial charge in [0.15, 0.2) is 0 Å². The van der Waals surface area contributed by atoms with Crippen LogP contribution < -0.4 is 59.7 Å². The Morgan fingerprint density at radius 3 is 1.23 bits per heavy atom. The molecule has 27 heteroatoms. The number of primary amides is 2. The maximum Gasteiger partial charge on any atom is 0.326 e. The molecule has 27 nitrogen and oxygen atoms in total. The Bertz CT molecular complexity index is 1760. The maximum atomic E-state index is 13.3. The predicted molar refractivity (Wildman–Crippen MR) is 219 cm³/mol. The molecule has 0 fully saturated rings. The molecular formula is C37H61N11O16. The highest BCUT2D eigenvalue weighted by Gasteiger charge is 2.35. The van der Waals surface area contributed by atoms with Gasteiger partial charge in [0.25, 0.3) is 0 Å². The van der Waals surface area contributed by atoms with Crippen molar-refractivity contribution >= 4 is 77.0 Å². The summed E-state index contributed by atoms with van der Waals surface area (Å²) in [6.45, 7) is 8.37. The van der Waals surface area contributed by atoms with Crippen LogP contribution in [0.1, 0.15) is 80.1 Å². The standard InChI is InChI=1S/C37H61N11O16/c1-15(2)7-18(38)31(57)41-13-26(51)43-19(8-16(3)4)33(59)45-20(9-24(39)49)32(58)42-14-27(52)44-21(11-28(53)54)34(60)46-22(12-29(55)56)35(61)48-30(17(5)6)36(62)47-23(37(63)64)10-25(40)50/h15-23,30H,7-14,38H2,1-6H3,(H2,39,49)(H2,40,50)(H,41,57)(H,42,58)(H,43,51)(H,44,52)(H,45,59)(H,46,60)(H,47,62)(H,48,61)(H,53,54)(H,55,56)(H,63,64)/t18-,19-,20-,21-,22-,23-,30-/m0/s1. The summed E-state index contributed by atoms with van der Waals surface area (Å²) in [4.78, 5) is 162. The number of hydrogen-bond acceptors (Lipinski definition) is 14. The fourth-order valence-corrected chi connectivity index (χ4v) is 5.57. The maximum absolute atomic E-state index is 13.3. The van der Waals surface area contributed by atoms with Crippen molar-refractivity contribution in [2.45, 2.75) is 122 Å². The lowest BCUT2D eigenvalue weighted by molar-refractivity contribution is -0.144. The summed E-state index contributed by atoms with van der Waals surface area (Å²) in [6.07, 6.45) is -3.56. The molecule has 0 heterocycles. The molecule has 0 spiro atoms. The largest absolute Gasteiger partial charge is 0.481 e. The van der Waals surface area contributed by atoms with Crippen molar-refractivity contribution in [1.82, 2.24) is 42.5 Å². The molecule has 0 aromatic carbocycles. The molecule has 17 N–H and O–H groups in total. The zero-order valence-corrected chi connectivity index (χ0v) is 36.3. The van der Waals surface area contributed by atoms with E-state index in [0.717, 1.165) is 0 Å². The third-order valence-corrected chi connectivity index (χ3v) is 8.61. The molecule has 0 saturated heterocycles. The number of hydrogen-bond donors (Lipinski definition) is 14. The zero-order chi connectivity index (χ0) is 49.6. The van der Waals surface area contributed by atoms with Crippen molar-refractivity contribution in [1.29, 1.82) is 0 Å². The molecule has 0 aromatic rings. The molecule has 7 atom stereocenters. The minimum Gasteiger partial charge on any atom is -0.481 e. The number of nitrogens with one attached hydrogen (secondary N) is 8. The Labute approximate surface area is 367 Å². The summed E-state index contributed by atoms with van der Waals surface area (Å²) in [5.41, 5.74) is 16.1. The fourth-order valence-electron chi connectivity index (χ4n) is 5.57. The number of aliphatic carboxylic acids is 3. The first-order chi connectivity index (χ1) is 29.5. The van der Waals surface area contributed by atoms with Crippen molar-refractivity contribution < 1.29 is 77.6 Å². The van der Waals surface area contributed by atoms with Crippen molar-refractivity contribution in [3.05, 3.63) is 0 Å². The fraction of sp³-hybridized carbons (Fsp3) is 0.649. The van der Waals surface area contributed by atoms with E-state index >= 15 is 0 Å². The average molecular weight is 916 g/mol. The molecule has 0 aliphatic heterocycles. The summed E-state index contributed by atoms with van der Waals surface area (Å²) >= 11 is 0. The van der Waals surface area contributed by atoms with Crippen LogP contribution in [-0.4, -0.2) is 148 Å². The minimum atomic E-state index is -2.03. The van der Waals surface area contributed by atoms with E-state index < -0.39 is 164 Å². The van der Waals surface area contributed by atoms with Gasteiger partial charge in [0.05, 0.1) is 44.8 Å². The van der Waals surface area contributed by atoms with Gasteiger partial charge in [-0.3, -0.25) is 57.5 Å². The molecule has 360 valence electrons. The molecule has 0 radical (unpaired) electrons. The van der Waals surface area contributed by atoms with Gasteiger partial charge in [-0.1, -0.05) is 41.5 Å². The molecule has 0 aliphatic rings. The highest BCUT2D eigenvalue weighted by molar-refractivity contribution is 5.99. The monoisotopic (exact) mass is 915 g/mol. The highest BCUT2D eigenvalue weighted by Crippen LogP contribution is 2.09. The van der Waals surface area contributed by atoms with Crippen LogP contribution in [0.25, 0.3) is 0 Å². The number of carboxylic acid groups (broad SMARTS) is 3. The molecular weight excluding hydrogens is 854 g/mol. The number of carboxylic acids is 3. The molecule has 0 saturated carbocycles. The Kier molecular flexibility index (Phi) is 24.9. The van der Waals surface area contributed by atoms with E-state index in [1.165, 1.54) is 13.8 Å². The van der Waals surface area contributed by atoms with Crippen LogP contribution in [0.5, 0.6) is 0 Å². The summed E-state index contributed by atoms with van der Waals surface area (Å²) < 4.78 is 0. The third kappa shape index (κ3) is 23.3. The number of carbonyl (C=O) groups excluding carboxylic acids is 10. The van der Waals surface area contributed by atoms with Gasteiger partial charge in [-0.2, -0.15) is 0 Å². The molecule has 0 rings (SSSR count). The normalized spacial score (nSPS) is 14.2. The van der Waals surface area contributed by atoms with Gasteiger partial charge >= 0.3 is 17.9 Å². The number of rotatable bonds is 30. The second-order valence-electron chi connectivity index (χ2n) is 15.8. The highest BCUT2D eigenvalue weighted by atomic mass is 16.4. The lowest BCUT2D eigenvalue weighted by atomic mass is 10.0. The summed E-state index contributed by atoms with van der Waals surface area (Å²) in [5.74, 6) is -16.7. The first-order valence-electron chi connectivity index (χ1n) is 19.9. The molecule has 10 amide bonds. The van der Waals surface area contributed by atoms with E-state index in [4.69, 9.17) is 17.2 Å². The van der Waals surface area contributed by atoms with Gasteiger partial charge in [0.1, 0.15) is 36.3 Å². The molecule has 64 heavy (non-hydrogen) atoms. The first kappa shape index (κ1) is 57.1. The topological polar surface area (TPSA) is 457 Å². The van der Waals surface area contributed by atoms with Gasteiger partial charge in [0.2, 0.25) is 59.1 Å². The van der Waals surface area contributed by atoms with Gasteiger partial charge < -0.3 is 75.1 Å². The Hall–Kier alpha value is -6.93. The van der Waals surface area contributed by atoms with Crippen LogP contribution in [0.2, 0.25) is 0 Å². The van der Waals surface area contributed by atoms with Crippen molar-refractivity contribution in [3.63, 3.8) is 0 Å². The second kappa shape index (κ2) is 27.9. The SMILES string of the molecule is CC(C)C[C@H](NC(=O)CNC(=O)[C@@H](N)CC(C)C)C(=O)N[C@@H](CC(N)=O)C(=O)NCC(=O)N[C@@H](CC(=O)O)C(=O)N[C@@H](CC(=O)O)C(=O)N[C@H](C(=O)N[C@@H](CC(N)=O)C(=O)O)C(C)C. The van der Waals surface area contributed by atoms with Gasteiger partial charge in [0, 0.05) is 0 Å². The second-order valence-corrected chi connectivity index (χ2v) is 15.8. The van der Waals surface area contributed by atoms with Crippen molar-refractivity contribution in [2.24, 2.45) is 35.0 Å². The van der Waals surface area contributed by atoms with Crippen molar-refractivity contribution in [3.8, 4) is 0 Å². The van der Waals surface area contributed by atoms with E-state index in [1.807, 2.05) is 29.8 Å². The number of amides is 10. The van der Waals surface area contributed by atoms with Crippen LogP contribution in [0.15, 0.2) is 0 Å². The van der Waals surface area contributed by atoms with E-state index in [0.29, 0.717) is 6.42 Å². The lowest BCUT2D eigenvalue weighted by Gasteiger charge is -2.27. The molecule has 0 aromatic heterocycles. The predicted octanol–water partition coefficient (Wildman–Crippen LogP) is -6.01. The van der Waals surface area contributed by atoms with Crippen LogP contribution in [0.4, 0.5) is 0 Å². The van der Waals surface area contributed by atoms with E-state index in [-0.39, 0.29) is 18.3 Å². The van der Waals surface area contributed by atoms with E-state index in [1.54, 1.807) is 13.8 Å². The smallest absolute Gasteiger partial charge is 0.326 e. The Morgan fingerprint density at radius 2 is 0.812 bits per heavy atom. The average Bonchev–Trinajstić information content (AvgIpc) is 3.15. The summed E-state index contributed by atoms with van der Waals surface area (Å²) in [7, 11) is 0. The van der Waals surface area contributed by atoms with Crippen molar-refractivity contribution in [2.75, 3.05) is 13.1 Å². The Morgan fingerprint density at radius 1 is 0.438 bits per heavy atom. The molecule has 0 unspecified atom stereocenters. The number of nitrogens with two attached hydrogens (primary N) is 3. The van der Waals surface area contributed by atoms with Crippen LogP contribution in [-0.2, 0) is 62.3 Å². The van der Waals surface area contributed by atoms with Gasteiger partial charge in [-0.05, 0) is 30.6 Å². The lowest BCUT2D eigenvalue weighted by Crippen LogP contribution is -2.60. The molecule has 0 bridgehead atoms. The zero-order valence-electron chi connectivity index (χ0n) is 36.3. The van der Waals surface area contributed by atoms with Gasteiger partial charge in [-0.15, -0.1) is 0 Å². The van der Waals surface area contributed by atoms with E-state index in [9.17, 15) is 77.6 Å². The first-order valence-corrected chi connectivity index (χ1v) is 19.9.